The van der Waals surface area contributed by atoms with Crippen LogP contribution in [0.2, 0.25) is 0 Å². The van der Waals surface area contributed by atoms with Gasteiger partial charge in [-0.25, -0.2) is 9.78 Å². The third-order valence-electron chi connectivity index (χ3n) is 4.77. The standard InChI is InChI=1S/C23H20N4O4/c1-14-20-18(12-19(26-22(20)31-27-14)16-6-4-3-5-7-16)21(28)24-13-15-8-10-17(11-9-15)25-23(29)30-2/h3-12H,13H2,1-2H3,(H,24,28)(H,25,29). The van der Waals surface area contributed by atoms with E-state index in [2.05, 4.69) is 25.5 Å². The van der Waals surface area contributed by atoms with Gasteiger partial charge in [0, 0.05) is 17.8 Å². The van der Waals surface area contributed by atoms with Crippen LogP contribution in [0.3, 0.4) is 0 Å². The molecule has 0 saturated carbocycles. The highest BCUT2D eigenvalue weighted by atomic mass is 16.5. The van der Waals surface area contributed by atoms with Crippen LogP contribution in [-0.2, 0) is 11.3 Å². The van der Waals surface area contributed by atoms with Crippen LogP contribution in [0.1, 0.15) is 21.6 Å². The minimum atomic E-state index is -0.541. The molecule has 8 heteroatoms. The Morgan fingerprint density at radius 1 is 1.06 bits per heavy atom. The Bertz CT molecular complexity index is 1230. The summed E-state index contributed by atoms with van der Waals surface area (Å²) in [5.74, 6) is -0.257. The van der Waals surface area contributed by atoms with E-state index in [0.717, 1.165) is 11.1 Å². The highest BCUT2D eigenvalue weighted by Crippen LogP contribution is 2.27. The third-order valence-corrected chi connectivity index (χ3v) is 4.77. The topological polar surface area (TPSA) is 106 Å². The second kappa shape index (κ2) is 8.66. The van der Waals surface area contributed by atoms with Gasteiger partial charge in [0.05, 0.1) is 29.4 Å². The number of pyridine rings is 1. The fraction of sp³-hybridized carbons (Fsp3) is 0.130. The highest BCUT2D eigenvalue weighted by molar-refractivity contribution is 6.07. The summed E-state index contributed by atoms with van der Waals surface area (Å²) in [6, 6.07) is 18.4. The molecule has 0 saturated heterocycles. The van der Waals surface area contributed by atoms with E-state index in [9.17, 15) is 9.59 Å². The number of benzene rings is 2. The van der Waals surface area contributed by atoms with Crippen molar-refractivity contribution in [2.75, 3.05) is 12.4 Å². The molecule has 0 unspecified atom stereocenters. The van der Waals surface area contributed by atoms with E-state index in [1.807, 2.05) is 42.5 Å². The van der Waals surface area contributed by atoms with Crippen molar-refractivity contribution in [1.29, 1.82) is 0 Å². The fourth-order valence-electron chi connectivity index (χ4n) is 3.18. The van der Waals surface area contributed by atoms with Gasteiger partial charge >= 0.3 is 6.09 Å². The first kappa shape index (κ1) is 20.1. The number of nitrogens with one attached hydrogen (secondary N) is 2. The first-order chi connectivity index (χ1) is 15.0. The number of amides is 2. The maximum absolute atomic E-state index is 13.0. The molecule has 0 bridgehead atoms. The van der Waals surface area contributed by atoms with Crippen molar-refractivity contribution in [3.63, 3.8) is 0 Å². The lowest BCUT2D eigenvalue weighted by Crippen LogP contribution is -2.23. The number of aryl methyl sites for hydroxylation is 1. The molecule has 4 aromatic rings. The molecule has 31 heavy (non-hydrogen) atoms. The monoisotopic (exact) mass is 416 g/mol. The van der Waals surface area contributed by atoms with Crippen LogP contribution in [0.25, 0.3) is 22.4 Å². The molecule has 0 radical (unpaired) electrons. The number of fused-ring (bicyclic) bond motifs is 1. The van der Waals surface area contributed by atoms with Crippen LogP contribution in [0.5, 0.6) is 0 Å². The molecule has 0 spiro atoms. The lowest BCUT2D eigenvalue weighted by Gasteiger charge is -2.09. The second-order valence-corrected chi connectivity index (χ2v) is 6.87. The quantitative estimate of drug-likeness (QED) is 0.502. The first-order valence-electron chi connectivity index (χ1n) is 9.59. The second-order valence-electron chi connectivity index (χ2n) is 6.87. The largest absolute Gasteiger partial charge is 0.453 e. The Balaban J connectivity index is 1.56. The van der Waals surface area contributed by atoms with Crippen molar-refractivity contribution in [2.24, 2.45) is 0 Å². The molecule has 4 rings (SSSR count). The zero-order valence-corrected chi connectivity index (χ0v) is 17.0. The van der Waals surface area contributed by atoms with Gasteiger partial charge in [-0.15, -0.1) is 0 Å². The number of anilines is 1. The molecular weight excluding hydrogens is 396 g/mol. The maximum atomic E-state index is 13.0. The minimum Gasteiger partial charge on any atom is -0.453 e. The average Bonchev–Trinajstić information content (AvgIpc) is 3.19. The predicted octanol–water partition coefficient (Wildman–Crippen LogP) is 4.31. The van der Waals surface area contributed by atoms with Crippen LogP contribution in [-0.4, -0.2) is 29.3 Å². The summed E-state index contributed by atoms with van der Waals surface area (Å²) in [5.41, 5.74) is 4.36. The molecule has 2 N–H and O–H groups in total. The van der Waals surface area contributed by atoms with Crippen LogP contribution in [0.15, 0.2) is 65.2 Å². The molecule has 2 heterocycles. The maximum Gasteiger partial charge on any atom is 0.411 e. The smallest absolute Gasteiger partial charge is 0.411 e. The molecule has 2 aromatic carbocycles. The number of methoxy groups -OCH3 is 1. The number of aromatic nitrogens is 2. The van der Waals surface area contributed by atoms with Crippen LogP contribution in [0, 0.1) is 6.92 Å². The zero-order valence-electron chi connectivity index (χ0n) is 17.0. The lowest BCUT2D eigenvalue weighted by molar-refractivity contribution is 0.0952. The minimum absolute atomic E-state index is 0.257. The van der Waals surface area contributed by atoms with E-state index < -0.39 is 6.09 Å². The Labute approximate surface area is 178 Å². The number of hydrogen-bond donors (Lipinski definition) is 2. The van der Waals surface area contributed by atoms with Crippen LogP contribution < -0.4 is 10.6 Å². The van der Waals surface area contributed by atoms with Gasteiger partial charge in [-0.3, -0.25) is 10.1 Å². The Kier molecular flexibility index (Phi) is 5.61. The first-order valence-corrected chi connectivity index (χ1v) is 9.59. The van der Waals surface area contributed by atoms with Gasteiger partial charge in [-0.05, 0) is 30.7 Å². The van der Waals surface area contributed by atoms with Gasteiger partial charge in [0.1, 0.15) is 0 Å². The Hall–Kier alpha value is -4.20. The number of nitrogens with zero attached hydrogens (tertiary/aromatic N) is 2. The van der Waals surface area contributed by atoms with E-state index >= 15 is 0 Å². The molecule has 8 nitrogen and oxygen atoms in total. The SMILES string of the molecule is COC(=O)Nc1ccc(CNC(=O)c2cc(-c3ccccc3)nc3onc(C)c23)cc1. The summed E-state index contributed by atoms with van der Waals surface area (Å²) in [6.45, 7) is 2.09. The normalized spacial score (nSPS) is 10.6. The number of hydrogen-bond acceptors (Lipinski definition) is 6. The number of carbonyl (C=O) groups is 2. The zero-order chi connectivity index (χ0) is 21.8. The molecule has 156 valence electrons. The van der Waals surface area contributed by atoms with Gasteiger partial charge < -0.3 is 14.6 Å². The van der Waals surface area contributed by atoms with E-state index in [4.69, 9.17) is 4.52 Å². The van der Waals surface area contributed by atoms with Gasteiger partial charge in [0.25, 0.3) is 11.6 Å². The van der Waals surface area contributed by atoms with Crippen molar-refractivity contribution in [3.8, 4) is 11.3 Å². The van der Waals surface area contributed by atoms with Gasteiger partial charge in [0.15, 0.2) is 0 Å². The molecule has 2 aromatic heterocycles. The van der Waals surface area contributed by atoms with Crippen LogP contribution >= 0.6 is 0 Å². The molecule has 0 fully saturated rings. The number of carbonyl (C=O) groups excluding carboxylic acids is 2. The average molecular weight is 416 g/mol. The Morgan fingerprint density at radius 2 is 1.81 bits per heavy atom. The number of ether oxygens (including phenoxy) is 1. The lowest BCUT2D eigenvalue weighted by atomic mass is 10.0. The predicted molar refractivity (Wildman–Crippen MR) is 116 cm³/mol. The summed E-state index contributed by atoms with van der Waals surface area (Å²) in [4.78, 5) is 28.8. The number of rotatable bonds is 5. The summed E-state index contributed by atoms with van der Waals surface area (Å²) < 4.78 is 9.90. The van der Waals surface area contributed by atoms with E-state index in [1.54, 1.807) is 25.1 Å². The molecular formula is C23H20N4O4. The van der Waals surface area contributed by atoms with Crippen molar-refractivity contribution < 1.29 is 18.8 Å². The summed E-state index contributed by atoms with van der Waals surface area (Å²) >= 11 is 0. The molecule has 0 aliphatic carbocycles. The van der Waals surface area contributed by atoms with Crippen molar-refractivity contribution in [1.82, 2.24) is 15.5 Å². The van der Waals surface area contributed by atoms with Gasteiger partial charge in [-0.2, -0.15) is 0 Å². The van der Waals surface area contributed by atoms with Crippen molar-refractivity contribution >= 4 is 28.8 Å². The molecule has 0 aliphatic heterocycles. The van der Waals surface area contributed by atoms with Gasteiger partial charge in [0.2, 0.25) is 0 Å². The van der Waals surface area contributed by atoms with Crippen LogP contribution in [0.4, 0.5) is 10.5 Å². The summed E-state index contributed by atoms with van der Waals surface area (Å²) in [6.07, 6.45) is -0.541. The van der Waals surface area contributed by atoms with Gasteiger partial charge in [-0.1, -0.05) is 47.6 Å². The van der Waals surface area contributed by atoms with Crippen molar-refractivity contribution in [2.45, 2.75) is 13.5 Å². The molecule has 0 atom stereocenters. The van der Waals surface area contributed by atoms with E-state index in [0.29, 0.717) is 40.3 Å². The fourth-order valence-corrected chi connectivity index (χ4v) is 3.18. The third kappa shape index (κ3) is 4.37. The van der Waals surface area contributed by atoms with Crippen molar-refractivity contribution in [3.05, 3.63) is 77.5 Å². The van der Waals surface area contributed by atoms with E-state index in [1.165, 1.54) is 7.11 Å². The Morgan fingerprint density at radius 3 is 2.52 bits per heavy atom. The highest BCUT2D eigenvalue weighted by Gasteiger charge is 2.19. The molecule has 0 aliphatic rings. The molecule has 2 amide bonds. The summed E-state index contributed by atoms with van der Waals surface area (Å²) in [7, 11) is 1.30. The summed E-state index contributed by atoms with van der Waals surface area (Å²) in [5, 5.41) is 10.1. The van der Waals surface area contributed by atoms with E-state index in [-0.39, 0.29) is 5.91 Å².